The van der Waals surface area contributed by atoms with Crippen molar-refractivity contribution >= 4 is 17.7 Å². The van der Waals surface area contributed by atoms with E-state index < -0.39 is 35.7 Å². The van der Waals surface area contributed by atoms with Crippen LogP contribution in [0.4, 0.5) is 0 Å². The molecule has 0 fully saturated rings. The number of Topliss-reactive ketones (excluding diaryl/α,β-unsaturated/α-hetero) is 1. The second kappa shape index (κ2) is 7.50. The minimum Gasteiger partial charge on any atom is -0.480 e. The highest BCUT2D eigenvalue weighted by Gasteiger charge is 2.38. The average Bonchev–Trinajstić information content (AvgIpc) is 2.91. The number of imidazole rings is 1. The summed E-state index contributed by atoms with van der Waals surface area (Å²) in [6.45, 7) is 1.53. The van der Waals surface area contributed by atoms with Crippen LogP contribution >= 0.6 is 0 Å². The van der Waals surface area contributed by atoms with E-state index >= 15 is 0 Å². The zero-order chi connectivity index (χ0) is 16.0. The van der Waals surface area contributed by atoms with Crippen LogP contribution < -0.4 is 16.8 Å². The van der Waals surface area contributed by atoms with E-state index in [1.165, 1.54) is 19.4 Å². The topological polar surface area (TPSA) is 164 Å². The molecule has 1 aromatic rings. The molecule has 1 rings (SSSR count). The molecule has 9 nitrogen and oxygen atoms in total. The first kappa shape index (κ1) is 16.8. The standard InChI is InChI=1S/C12H19N5O4/c1-6(14)11(19)9(7-4-15-5-16-7)10(12(20)21)17-8(18)2-3-13/h4-6,9-10H,2-3,13-14H2,1H3,(H,15,16)(H,17,18)(H,20,21). The maximum Gasteiger partial charge on any atom is 0.327 e. The molecule has 1 aromatic heterocycles. The summed E-state index contributed by atoms with van der Waals surface area (Å²) < 4.78 is 0. The van der Waals surface area contributed by atoms with Gasteiger partial charge in [-0.05, 0) is 6.92 Å². The van der Waals surface area contributed by atoms with Crippen LogP contribution in [0.5, 0.6) is 0 Å². The number of carboxylic acid groups (broad SMARTS) is 1. The zero-order valence-electron chi connectivity index (χ0n) is 11.6. The van der Waals surface area contributed by atoms with E-state index in [-0.39, 0.29) is 18.7 Å². The number of carbonyl (C=O) groups excluding carboxylic acids is 2. The van der Waals surface area contributed by atoms with Gasteiger partial charge in [-0.3, -0.25) is 9.59 Å². The molecule has 0 aliphatic carbocycles. The van der Waals surface area contributed by atoms with E-state index in [9.17, 15) is 19.5 Å². The molecular weight excluding hydrogens is 278 g/mol. The average molecular weight is 297 g/mol. The molecule has 0 bridgehead atoms. The van der Waals surface area contributed by atoms with Crippen molar-refractivity contribution in [1.29, 1.82) is 0 Å². The van der Waals surface area contributed by atoms with E-state index in [2.05, 4.69) is 15.3 Å². The number of hydrogen-bond donors (Lipinski definition) is 5. The number of H-pyrrole nitrogens is 1. The van der Waals surface area contributed by atoms with Gasteiger partial charge in [-0.15, -0.1) is 0 Å². The first-order valence-electron chi connectivity index (χ1n) is 6.38. The lowest BCUT2D eigenvalue weighted by Crippen LogP contribution is -2.50. The fourth-order valence-corrected chi connectivity index (χ4v) is 1.88. The molecule has 21 heavy (non-hydrogen) atoms. The Morgan fingerprint density at radius 3 is 2.57 bits per heavy atom. The van der Waals surface area contributed by atoms with Crippen molar-refractivity contribution in [3.63, 3.8) is 0 Å². The SMILES string of the molecule is CC(N)C(=O)C(c1cnc[nH]1)C(NC(=O)CCN)C(=O)O. The maximum atomic E-state index is 12.2. The Morgan fingerprint density at radius 1 is 1.48 bits per heavy atom. The zero-order valence-corrected chi connectivity index (χ0v) is 11.6. The smallest absolute Gasteiger partial charge is 0.327 e. The highest BCUT2D eigenvalue weighted by Crippen LogP contribution is 2.20. The van der Waals surface area contributed by atoms with Crippen LogP contribution in [0.25, 0.3) is 0 Å². The third kappa shape index (κ3) is 4.36. The molecule has 3 unspecified atom stereocenters. The predicted molar refractivity (Wildman–Crippen MR) is 73.2 cm³/mol. The number of nitrogens with zero attached hydrogens (tertiary/aromatic N) is 1. The Bertz CT molecular complexity index is 500. The second-order valence-corrected chi connectivity index (χ2v) is 4.60. The van der Waals surface area contributed by atoms with E-state index in [0.29, 0.717) is 0 Å². The van der Waals surface area contributed by atoms with Gasteiger partial charge in [-0.1, -0.05) is 0 Å². The summed E-state index contributed by atoms with van der Waals surface area (Å²) in [6, 6.07) is -2.32. The molecule has 0 saturated heterocycles. The lowest BCUT2D eigenvalue weighted by molar-refractivity contribution is -0.144. The van der Waals surface area contributed by atoms with Gasteiger partial charge < -0.3 is 26.9 Å². The Kier molecular flexibility index (Phi) is 6.00. The lowest BCUT2D eigenvalue weighted by atomic mass is 9.88. The van der Waals surface area contributed by atoms with Crippen molar-refractivity contribution in [2.24, 2.45) is 11.5 Å². The van der Waals surface area contributed by atoms with Crippen LogP contribution in [-0.4, -0.2) is 51.4 Å². The molecule has 0 aromatic carbocycles. The molecule has 7 N–H and O–H groups in total. The van der Waals surface area contributed by atoms with Gasteiger partial charge in [-0.25, -0.2) is 9.78 Å². The minimum absolute atomic E-state index is 0.0359. The molecule has 0 spiro atoms. The predicted octanol–water partition coefficient (Wildman–Crippen LogP) is -1.67. The van der Waals surface area contributed by atoms with Gasteiger partial charge in [0.15, 0.2) is 5.78 Å². The summed E-state index contributed by atoms with van der Waals surface area (Å²) in [6.07, 6.45) is 2.61. The summed E-state index contributed by atoms with van der Waals surface area (Å²) in [4.78, 5) is 41.7. The Morgan fingerprint density at radius 2 is 2.14 bits per heavy atom. The monoisotopic (exact) mass is 297 g/mol. The van der Waals surface area contributed by atoms with E-state index in [4.69, 9.17) is 11.5 Å². The van der Waals surface area contributed by atoms with Crippen LogP contribution in [-0.2, 0) is 14.4 Å². The molecule has 0 radical (unpaired) electrons. The summed E-state index contributed by atoms with van der Waals surface area (Å²) in [5, 5.41) is 11.6. The van der Waals surface area contributed by atoms with E-state index in [1.54, 1.807) is 0 Å². The van der Waals surface area contributed by atoms with Crippen LogP contribution in [0.1, 0.15) is 25.0 Å². The van der Waals surface area contributed by atoms with Gasteiger partial charge >= 0.3 is 5.97 Å². The first-order chi connectivity index (χ1) is 9.88. The molecule has 3 atom stereocenters. The van der Waals surface area contributed by atoms with Gasteiger partial charge in [0.25, 0.3) is 0 Å². The molecule has 0 aliphatic heterocycles. The number of aromatic amines is 1. The van der Waals surface area contributed by atoms with Crippen LogP contribution in [0.3, 0.4) is 0 Å². The lowest BCUT2D eigenvalue weighted by Gasteiger charge is -2.24. The number of carbonyl (C=O) groups is 3. The Hall–Kier alpha value is -2.26. The summed E-state index contributed by atoms with van der Waals surface area (Å²) in [7, 11) is 0. The number of hydrogen-bond acceptors (Lipinski definition) is 6. The van der Waals surface area contributed by atoms with Crippen LogP contribution in [0.2, 0.25) is 0 Å². The van der Waals surface area contributed by atoms with Gasteiger partial charge in [0, 0.05) is 24.9 Å². The molecule has 1 heterocycles. The summed E-state index contributed by atoms with van der Waals surface area (Å²) in [5.74, 6) is -3.55. The normalized spacial score (nSPS) is 15.0. The number of carboxylic acids is 1. The highest BCUT2D eigenvalue weighted by atomic mass is 16.4. The fourth-order valence-electron chi connectivity index (χ4n) is 1.88. The van der Waals surface area contributed by atoms with Crippen molar-refractivity contribution in [3.8, 4) is 0 Å². The van der Waals surface area contributed by atoms with Crippen molar-refractivity contribution in [3.05, 3.63) is 18.2 Å². The Balaban J connectivity index is 3.10. The van der Waals surface area contributed by atoms with Crippen LogP contribution in [0, 0.1) is 0 Å². The molecule has 1 amide bonds. The number of nitrogens with two attached hydrogens (primary N) is 2. The summed E-state index contributed by atoms with van der Waals surface area (Å²) >= 11 is 0. The maximum absolute atomic E-state index is 12.2. The molecular formula is C12H19N5O4. The van der Waals surface area contributed by atoms with Crippen molar-refractivity contribution in [2.45, 2.75) is 31.3 Å². The van der Waals surface area contributed by atoms with Gasteiger partial charge in [-0.2, -0.15) is 0 Å². The fraction of sp³-hybridized carbons (Fsp3) is 0.500. The molecule has 116 valence electrons. The van der Waals surface area contributed by atoms with Crippen molar-refractivity contribution in [2.75, 3.05) is 6.54 Å². The minimum atomic E-state index is -1.44. The van der Waals surface area contributed by atoms with E-state index in [1.807, 2.05) is 0 Å². The van der Waals surface area contributed by atoms with Gasteiger partial charge in [0.2, 0.25) is 5.91 Å². The number of aromatic nitrogens is 2. The van der Waals surface area contributed by atoms with Crippen LogP contribution in [0.15, 0.2) is 12.5 Å². The Labute approximate surface area is 121 Å². The molecule has 0 aliphatic rings. The number of amides is 1. The highest BCUT2D eigenvalue weighted by molar-refractivity contribution is 5.96. The van der Waals surface area contributed by atoms with Crippen molar-refractivity contribution < 1.29 is 19.5 Å². The van der Waals surface area contributed by atoms with E-state index in [0.717, 1.165) is 0 Å². The third-order valence-corrected chi connectivity index (χ3v) is 2.90. The third-order valence-electron chi connectivity index (χ3n) is 2.90. The quantitative estimate of drug-likeness (QED) is 0.382. The number of aliphatic carboxylic acids is 1. The first-order valence-corrected chi connectivity index (χ1v) is 6.38. The molecule has 0 saturated carbocycles. The second-order valence-electron chi connectivity index (χ2n) is 4.60. The van der Waals surface area contributed by atoms with Crippen molar-refractivity contribution in [1.82, 2.24) is 15.3 Å². The number of nitrogens with one attached hydrogen (secondary N) is 2. The molecule has 9 heteroatoms. The van der Waals surface area contributed by atoms with Gasteiger partial charge in [0.05, 0.1) is 18.3 Å². The largest absolute Gasteiger partial charge is 0.480 e. The summed E-state index contributed by atoms with van der Waals surface area (Å²) in [5.41, 5.74) is 11.1. The number of ketones is 1. The van der Waals surface area contributed by atoms with Gasteiger partial charge in [0.1, 0.15) is 6.04 Å². The number of rotatable bonds is 8.